The molecule has 4 aromatic rings. The van der Waals surface area contributed by atoms with E-state index in [9.17, 15) is 4.79 Å². The molecular formula is C25H24N4O4. The fourth-order valence-corrected chi connectivity index (χ4v) is 3.27. The summed E-state index contributed by atoms with van der Waals surface area (Å²) in [4.78, 5) is 17.0. The van der Waals surface area contributed by atoms with Gasteiger partial charge >= 0.3 is 0 Å². The summed E-state index contributed by atoms with van der Waals surface area (Å²) < 4.78 is 18.6. The van der Waals surface area contributed by atoms with Crippen LogP contribution < -0.4 is 19.5 Å². The topological polar surface area (TPSA) is 87.5 Å². The van der Waals surface area contributed by atoms with Gasteiger partial charge in [-0.2, -0.15) is 5.10 Å². The maximum absolute atomic E-state index is 12.9. The van der Waals surface area contributed by atoms with Gasteiger partial charge in [0.15, 0.2) is 17.3 Å². The third-order valence-electron chi connectivity index (χ3n) is 4.90. The molecule has 1 N–H and O–H groups in total. The van der Waals surface area contributed by atoms with Crippen LogP contribution in [0.3, 0.4) is 0 Å². The first-order chi connectivity index (χ1) is 16.2. The lowest BCUT2D eigenvalue weighted by Gasteiger charge is -2.16. The molecule has 168 valence electrons. The van der Waals surface area contributed by atoms with E-state index in [0.717, 1.165) is 11.1 Å². The Labute approximate surface area is 191 Å². The molecule has 4 rings (SSSR count). The van der Waals surface area contributed by atoms with E-state index >= 15 is 0 Å². The van der Waals surface area contributed by atoms with Gasteiger partial charge in [0.2, 0.25) is 5.75 Å². The third kappa shape index (κ3) is 5.48. The molecule has 0 unspecified atom stereocenters. The van der Waals surface area contributed by atoms with Crippen LogP contribution in [-0.2, 0) is 13.2 Å². The fraction of sp³-hybridized carbons (Fsp3) is 0.160. The van der Waals surface area contributed by atoms with Crippen LogP contribution >= 0.6 is 0 Å². The third-order valence-corrected chi connectivity index (χ3v) is 4.90. The number of carbonyl (C=O) groups excluding carboxylic acids is 1. The van der Waals surface area contributed by atoms with E-state index in [1.807, 2.05) is 42.5 Å². The molecule has 0 saturated carbocycles. The zero-order chi connectivity index (χ0) is 23.0. The smallest absolute Gasteiger partial charge is 0.257 e. The predicted octanol–water partition coefficient (Wildman–Crippen LogP) is 4.17. The molecule has 0 spiro atoms. The quantitative estimate of drug-likeness (QED) is 0.417. The van der Waals surface area contributed by atoms with Gasteiger partial charge in [0.25, 0.3) is 5.91 Å². The number of anilines is 1. The van der Waals surface area contributed by atoms with Crippen LogP contribution in [0.25, 0.3) is 0 Å². The molecule has 2 heterocycles. The second-order valence-electron chi connectivity index (χ2n) is 7.20. The lowest BCUT2D eigenvalue weighted by Crippen LogP contribution is -2.14. The van der Waals surface area contributed by atoms with Crippen molar-refractivity contribution in [2.24, 2.45) is 0 Å². The van der Waals surface area contributed by atoms with E-state index in [4.69, 9.17) is 14.2 Å². The van der Waals surface area contributed by atoms with E-state index in [2.05, 4.69) is 15.4 Å². The number of aromatic nitrogens is 3. The zero-order valence-corrected chi connectivity index (χ0v) is 18.4. The van der Waals surface area contributed by atoms with Gasteiger partial charge < -0.3 is 19.5 Å². The SMILES string of the molecule is COc1cc(C(=O)Nc2ccn(Cc3cccnc3)n2)cc(OC)c1OCc1ccccc1. The number of ether oxygens (including phenoxy) is 3. The first kappa shape index (κ1) is 21.9. The van der Waals surface area contributed by atoms with Crippen molar-refractivity contribution in [3.05, 3.63) is 95.9 Å². The monoisotopic (exact) mass is 444 g/mol. The maximum atomic E-state index is 12.9. The van der Waals surface area contributed by atoms with Gasteiger partial charge in [0, 0.05) is 30.2 Å². The van der Waals surface area contributed by atoms with Crippen LogP contribution in [0.15, 0.2) is 79.3 Å². The Morgan fingerprint density at radius 3 is 2.36 bits per heavy atom. The molecule has 0 atom stereocenters. The Bertz CT molecular complexity index is 1180. The van der Waals surface area contributed by atoms with Crippen LogP contribution in [0.5, 0.6) is 17.2 Å². The standard InChI is InChI=1S/C25H24N4O4/c1-31-21-13-20(14-22(32-2)24(21)33-17-18-7-4-3-5-8-18)25(30)27-23-10-12-29(28-23)16-19-9-6-11-26-15-19/h3-15H,16-17H2,1-2H3,(H,27,28,30). The van der Waals surface area contributed by atoms with E-state index in [1.165, 1.54) is 14.2 Å². The minimum absolute atomic E-state index is 0.340. The molecule has 0 saturated heterocycles. The van der Waals surface area contributed by atoms with Crippen LogP contribution in [0.2, 0.25) is 0 Å². The molecule has 0 fully saturated rings. The van der Waals surface area contributed by atoms with Crippen molar-refractivity contribution in [3.63, 3.8) is 0 Å². The Morgan fingerprint density at radius 1 is 0.970 bits per heavy atom. The number of methoxy groups -OCH3 is 2. The number of amides is 1. The molecule has 33 heavy (non-hydrogen) atoms. The van der Waals surface area contributed by atoms with Crippen molar-refractivity contribution in [2.45, 2.75) is 13.2 Å². The Morgan fingerprint density at radius 2 is 1.70 bits per heavy atom. The first-order valence-corrected chi connectivity index (χ1v) is 10.3. The molecule has 0 aliphatic carbocycles. The maximum Gasteiger partial charge on any atom is 0.257 e. The van der Waals surface area contributed by atoms with E-state index in [1.54, 1.807) is 41.5 Å². The van der Waals surface area contributed by atoms with Gasteiger partial charge in [0.05, 0.1) is 20.8 Å². The average molecular weight is 444 g/mol. The van der Waals surface area contributed by atoms with Crippen molar-refractivity contribution in [1.29, 1.82) is 0 Å². The average Bonchev–Trinajstić information content (AvgIpc) is 3.29. The van der Waals surface area contributed by atoms with Crippen LogP contribution in [0, 0.1) is 0 Å². The highest BCUT2D eigenvalue weighted by molar-refractivity contribution is 6.04. The Kier molecular flexibility index (Phi) is 6.84. The second kappa shape index (κ2) is 10.3. The lowest BCUT2D eigenvalue weighted by atomic mass is 10.1. The minimum Gasteiger partial charge on any atom is -0.493 e. The van der Waals surface area contributed by atoms with Crippen LogP contribution in [-0.4, -0.2) is 34.9 Å². The van der Waals surface area contributed by atoms with E-state index in [-0.39, 0.29) is 5.91 Å². The normalized spacial score (nSPS) is 10.5. The van der Waals surface area contributed by atoms with E-state index < -0.39 is 0 Å². The lowest BCUT2D eigenvalue weighted by molar-refractivity contribution is 0.102. The summed E-state index contributed by atoms with van der Waals surface area (Å²) in [6.45, 7) is 0.895. The number of nitrogens with one attached hydrogen (secondary N) is 1. The highest BCUT2D eigenvalue weighted by Crippen LogP contribution is 2.39. The zero-order valence-electron chi connectivity index (χ0n) is 18.4. The summed E-state index contributed by atoms with van der Waals surface area (Å²) in [7, 11) is 3.04. The van der Waals surface area contributed by atoms with Crippen molar-refractivity contribution < 1.29 is 19.0 Å². The highest BCUT2D eigenvalue weighted by Gasteiger charge is 2.18. The number of nitrogens with zero attached hydrogens (tertiary/aromatic N) is 3. The highest BCUT2D eigenvalue weighted by atomic mass is 16.5. The molecular weight excluding hydrogens is 420 g/mol. The molecule has 2 aromatic carbocycles. The first-order valence-electron chi connectivity index (χ1n) is 10.3. The summed E-state index contributed by atoms with van der Waals surface area (Å²) in [5.74, 6) is 1.33. The van der Waals surface area contributed by atoms with Crippen LogP contribution in [0.4, 0.5) is 5.82 Å². The molecule has 2 aromatic heterocycles. The molecule has 8 nitrogen and oxygen atoms in total. The predicted molar refractivity (Wildman–Crippen MR) is 124 cm³/mol. The Balaban J connectivity index is 1.48. The van der Waals surface area contributed by atoms with Gasteiger partial charge in [-0.15, -0.1) is 0 Å². The van der Waals surface area contributed by atoms with Gasteiger partial charge in [-0.3, -0.25) is 14.5 Å². The summed E-state index contributed by atoms with van der Waals surface area (Å²) in [6.07, 6.45) is 5.29. The van der Waals surface area contributed by atoms with E-state index in [0.29, 0.717) is 41.8 Å². The summed E-state index contributed by atoms with van der Waals surface area (Å²) in [6, 6.07) is 18.6. The molecule has 8 heteroatoms. The van der Waals surface area contributed by atoms with Crippen molar-refractivity contribution in [1.82, 2.24) is 14.8 Å². The molecule has 0 radical (unpaired) electrons. The number of benzene rings is 2. The molecule has 1 amide bonds. The van der Waals surface area contributed by atoms with Gasteiger partial charge in [-0.05, 0) is 29.3 Å². The molecule has 0 aliphatic heterocycles. The molecule has 0 aliphatic rings. The summed E-state index contributed by atoms with van der Waals surface area (Å²) >= 11 is 0. The number of rotatable bonds is 9. The van der Waals surface area contributed by atoms with Gasteiger partial charge in [-0.1, -0.05) is 36.4 Å². The van der Waals surface area contributed by atoms with Crippen molar-refractivity contribution in [2.75, 3.05) is 19.5 Å². The van der Waals surface area contributed by atoms with Crippen molar-refractivity contribution in [3.8, 4) is 17.2 Å². The summed E-state index contributed by atoms with van der Waals surface area (Å²) in [5, 5.41) is 7.21. The van der Waals surface area contributed by atoms with Crippen molar-refractivity contribution >= 4 is 11.7 Å². The minimum atomic E-state index is -0.340. The number of hydrogen-bond donors (Lipinski definition) is 1. The second-order valence-corrected chi connectivity index (χ2v) is 7.20. The summed E-state index contributed by atoms with van der Waals surface area (Å²) in [5.41, 5.74) is 2.38. The Hall–Kier alpha value is -4.33. The number of carbonyl (C=O) groups is 1. The fourth-order valence-electron chi connectivity index (χ4n) is 3.27. The van der Waals surface area contributed by atoms with Gasteiger partial charge in [0.1, 0.15) is 6.61 Å². The number of pyridine rings is 1. The van der Waals surface area contributed by atoms with Crippen LogP contribution in [0.1, 0.15) is 21.5 Å². The largest absolute Gasteiger partial charge is 0.493 e. The molecule has 0 bridgehead atoms. The van der Waals surface area contributed by atoms with Gasteiger partial charge in [-0.25, -0.2) is 0 Å². The number of hydrogen-bond acceptors (Lipinski definition) is 6.